The number of unbranched alkanes of at least 4 members (excludes halogenated alkanes) is 7. The summed E-state index contributed by atoms with van der Waals surface area (Å²) < 4.78 is 1.96. The Morgan fingerprint density at radius 2 is 0.913 bits per heavy atom. The predicted molar refractivity (Wildman–Crippen MR) is 95.5 cm³/mol. The van der Waals surface area contributed by atoms with Crippen LogP contribution in [0.4, 0.5) is 0 Å². The van der Waals surface area contributed by atoms with Crippen LogP contribution in [0.2, 0.25) is 0 Å². The van der Waals surface area contributed by atoms with E-state index in [0.29, 0.717) is 0 Å². The van der Waals surface area contributed by atoms with Crippen molar-refractivity contribution < 1.29 is 38.9 Å². The van der Waals surface area contributed by atoms with E-state index >= 15 is 0 Å². The van der Waals surface area contributed by atoms with Gasteiger partial charge in [0.05, 0.1) is 55.4 Å². The number of hydrogen-bond acceptors (Lipinski definition) is 1. The summed E-state index contributed by atoms with van der Waals surface area (Å²) in [5.74, 6) is 0. The first-order valence-electron chi connectivity index (χ1n) is 8.84. The molecule has 146 valence electrons. The van der Waals surface area contributed by atoms with Gasteiger partial charge in [-0.3, -0.25) is 0 Å². The summed E-state index contributed by atoms with van der Waals surface area (Å²) in [6.07, 6.45) is 11.4. The number of rotatable bonds is 11. The van der Waals surface area contributed by atoms with Crippen LogP contribution in [0.25, 0.3) is 0 Å². The average Bonchev–Trinajstić information content (AvgIpc) is 2.30. The standard InChI is InChI=1S/C13H30N.C5H14NO.2ClH/c1-5-6-7-8-9-10-11-12-13-14(2,3)4;1-6(2,3)4-5-7;;/h5-13H2,1-4H3;7H,4-5H2,1-3H3;2*1H/q2*+1;;/p-2. The first-order chi connectivity index (χ1) is 9.62. The van der Waals surface area contributed by atoms with Crippen LogP contribution in [-0.2, 0) is 0 Å². The van der Waals surface area contributed by atoms with E-state index < -0.39 is 0 Å². The van der Waals surface area contributed by atoms with Gasteiger partial charge in [-0.25, -0.2) is 0 Å². The highest BCUT2D eigenvalue weighted by molar-refractivity contribution is 4.45. The van der Waals surface area contributed by atoms with E-state index in [4.69, 9.17) is 5.11 Å². The van der Waals surface area contributed by atoms with Crippen LogP contribution >= 0.6 is 0 Å². The maximum Gasteiger partial charge on any atom is 0.101 e. The highest BCUT2D eigenvalue weighted by atomic mass is 35.5. The van der Waals surface area contributed by atoms with Crippen LogP contribution in [0.5, 0.6) is 0 Å². The van der Waals surface area contributed by atoms with Crippen LogP contribution in [0, 0.1) is 0 Å². The number of aliphatic hydroxyl groups is 1. The molecule has 0 aromatic rings. The molecule has 0 fully saturated rings. The van der Waals surface area contributed by atoms with E-state index in [0.717, 1.165) is 15.5 Å². The second-order valence-electron chi connectivity index (χ2n) is 8.23. The predicted octanol–water partition coefficient (Wildman–Crippen LogP) is -2.47. The smallest absolute Gasteiger partial charge is 0.101 e. The second kappa shape index (κ2) is 18.8. The summed E-state index contributed by atoms with van der Waals surface area (Å²) in [6.45, 7) is 4.72. The van der Waals surface area contributed by atoms with Gasteiger partial charge in [-0.2, -0.15) is 0 Å². The fourth-order valence-corrected chi connectivity index (χ4v) is 2.02. The SMILES string of the molecule is CCCCCCCCCC[N+](C)(C)C.C[N+](C)(C)CCO.[Cl-].[Cl-]. The fourth-order valence-electron chi connectivity index (χ4n) is 2.02. The van der Waals surface area contributed by atoms with Gasteiger partial charge in [0.15, 0.2) is 0 Å². The Kier molecular flexibility index (Phi) is 25.5. The Morgan fingerprint density at radius 1 is 0.565 bits per heavy atom. The average molecular weight is 375 g/mol. The minimum absolute atomic E-state index is 0. The zero-order valence-electron chi connectivity index (χ0n) is 16.9. The van der Waals surface area contributed by atoms with Crippen LogP contribution in [0.3, 0.4) is 0 Å². The quantitative estimate of drug-likeness (QED) is 0.313. The van der Waals surface area contributed by atoms with Gasteiger partial charge in [0.2, 0.25) is 0 Å². The van der Waals surface area contributed by atoms with E-state index in [2.05, 4.69) is 49.2 Å². The van der Waals surface area contributed by atoms with Gasteiger partial charge in [-0.1, -0.05) is 45.4 Å². The van der Waals surface area contributed by atoms with Gasteiger partial charge in [0.1, 0.15) is 6.54 Å². The minimum atomic E-state index is 0. The van der Waals surface area contributed by atoms with E-state index in [-0.39, 0.29) is 31.4 Å². The topological polar surface area (TPSA) is 20.2 Å². The van der Waals surface area contributed by atoms with E-state index in [1.807, 2.05) is 0 Å². The lowest BCUT2D eigenvalue weighted by molar-refractivity contribution is -0.870. The number of aliphatic hydroxyl groups excluding tert-OH is 1. The van der Waals surface area contributed by atoms with Crippen molar-refractivity contribution in [2.45, 2.75) is 58.3 Å². The Morgan fingerprint density at radius 3 is 1.17 bits per heavy atom. The molecule has 0 aromatic carbocycles. The van der Waals surface area contributed by atoms with Gasteiger partial charge >= 0.3 is 0 Å². The normalized spacial score (nSPS) is 11.0. The number of quaternary nitrogens is 2. The molecule has 0 bridgehead atoms. The molecule has 0 aromatic heterocycles. The van der Waals surface area contributed by atoms with Crippen molar-refractivity contribution >= 4 is 0 Å². The lowest BCUT2D eigenvalue weighted by Gasteiger charge is -2.23. The van der Waals surface area contributed by atoms with Crippen molar-refractivity contribution in [2.75, 3.05) is 62.0 Å². The Bertz CT molecular complexity index is 214. The third-order valence-corrected chi connectivity index (χ3v) is 3.45. The highest BCUT2D eigenvalue weighted by Crippen LogP contribution is 2.09. The van der Waals surface area contributed by atoms with Crippen LogP contribution in [0.15, 0.2) is 0 Å². The van der Waals surface area contributed by atoms with Crippen LogP contribution in [0.1, 0.15) is 58.3 Å². The largest absolute Gasteiger partial charge is 1.00 e. The molecule has 0 saturated heterocycles. The maximum atomic E-state index is 8.39. The van der Waals surface area contributed by atoms with Crippen molar-refractivity contribution in [3.63, 3.8) is 0 Å². The van der Waals surface area contributed by atoms with E-state index in [1.54, 1.807) is 0 Å². The van der Waals surface area contributed by atoms with Gasteiger partial charge in [0.25, 0.3) is 0 Å². The number of halogens is 2. The summed E-state index contributed by atoms with van der Waals surface area (Å²) in [5.41, 5.74) is 0. The molecule has 0 saturated carbocycles. The molecule has 0 atom stereocenters. The molecular formula is C18H44Cl2N2O. The number of nitrogens with zero attached hydrogens (tertiary/aromatic N) is 2. The molecule has 5 heteroatoms. The second-order valence-corrected chi connectivity index (χ2v) is 8.23. The molecule has 0 heterocycles. The molecule has 0 unspecified atom stereocenters. The lowest BCUT2D eigenvalue weighted by atomic mass is 10.1. The minimum Gasteiger partial charge on any atom is -1.00 e. The summed E-state index contributed by atoms with van der Waals surface area (Å²) in [4.78, 5) is 0. The highest BCUT2D eigenvalue weighted by Gasteiger charge is 2.04. The zero-order valence-corrected chi connectivity index (χ0v) is 18.4. The van der Waals surface area contributed by atoms with Gasteiger partial charge in [0, 0.05) is 0 Å². The van der Waals surface area contributed by atoms with E-state index in [9.17, 15) is 0 Å². The van der Waals surface area contributed by atoms with Crippen LogP contribution in [-0.4, -0.2) is 76.1 Å². The van der Waals surface area contributed by atoms with Crippen molar-refractivity contribution in [3.05, 3.63) is 0 Å². The third-order valence-electron chi connectivity index (χ3n) is 3.45. The van der Waals surface area contributed by atoms with Crippen LogP contribution < -0.4 is 24.8 Å². The van der Waals surface area contributed by atoms with Gasteiger partial charge in [-0.05, 0) is 12.8 Å². The number of likely N-dealkylation sites (N-methyl/N-ethyl adjacent to an activating group) is 1. The molecule has 0 spiro atoms. The molecular weight excluding hydrogens is 331 g/mol. The van der Waals surface area contributed by atoms with Crippen molar-refractivity contribution in [1.82, 2.24) is 0 Å². The Balaban J connectivity index is -0.000000173. The molecule has 0 amide bonds. The maximum absolute atomic E-state index is 8.39. The summed E-state index contributed by atoms with van der Waals surface area (Å²) in [6, 6.07) is 0. The molecule has 0 rings (SSSR count). The van der Waals surface area contributed by atoms with Gasteiger partial charge in [-0.15, -0.1) is 0 Å². The van der Waals surface area contributed by atoms with E-state index in [1.165, 1.54) is 57.9 Å². The molecule has 0 aliphatic carbocycles. The number of hydrogen-bond donors (Lipinski definition) is 1. The Hall–Kier alpha value is 0.460. The Labute approximate surface area is 159 Å². The molecule has 3 nitrogen and oxygen atoms in total. The van der Waals surface area contributed by atoms with Crippen molar-refractivity contribution in [1.29, 1.82) is 0 Å². The molecule has 23 heavy (non-hydrogen) atoms. The van der Waals surface area contributed by atoms with Crippen molar-refractivity contribution in [3.8, 4) is 0 Å². The molecule has 1 N–H and O–H groups in total. The molecule has 0 aliphatic rings. The monoisotopic (exact) mass is 374 g/mol. The summed E-state index contributed by atoms with van der Waals surface area (Å²) in [5, 5.41) is 8.39. The summed E-state index contributed by atoms with van der Waals surface area (Å²) in [7, 11) is 13.0. The molecule has 0 radical (unpaired) electrons. The fraction of sp³-hybridized carbons (Fsp3) is 1.00. The third kappa shape index (κ3) is 39.3. The molecule has 0 aliphatic heterocycles. The summed E-state index contributed by atoms with van der Waals surface area (Å²) >= 11 is 0. The lowest BCUT2D eigenvalue weighted by Crippen LogP contribution is -3.00. The zero-order chi connectivity index (χ0) is 16.8. The van der Waals surface area contributed by atoms with Gasteiger partial charge < -0.3 is 38.9 Å². The first kappa shape index (κ1) is 31.3. The van der Waals surface area contributed by atoms with Crippen molar-refractivity contribution in [2.24, 2.45) is 0 Å². The first-order valence-corrected chi connectivity index (χ1v) is 8.84.